The van der Waals surface area contributed by atoms with Crippen molar-refractivity contribution in [1.29, 1.82) is 0 Å². The Morgan fingerprint density at radius 1 is 1.12 bits per heavy atom. The van der Waals surface area contributed by atoms with Gasteiger partial charge in [-0.3, -0.25) is 4.79 Å². The molecule has 3 aromatic rings. The third-order valence-electron chi connectivity index (χ3n) is 6.09. The Hall–Kier alpha value is -3.30. The number of benzene rings is 2. The highest BCUT2D eigenvalue weighted by Gasteiger charge is 2.33. The fourth-order valence-corrected chi connectivity index (χ4v) is 5.45. The SMILES string of the molecule is COc1ccc(-c2nc3c(c(N4CCc5ccc(OCC(=O)N(C)C)cc54)n2)C[S+]([O-])C3)cc1. The van der Waals surface area contributed by atoms with Gasteiger partial charge in [-0.1, -0.05) is 6.07 Å². The van der Waals surface area contributed by atoms with Crippen molar-refractivity contribution >= 4 is 28.6 Å². The number of likely N-dealkylation sites (N-methyl/N-ethyl adjacent to an activating group) is 1. The van der Waals surface area contributed by atoms with Crippen LogP contribution in [0, 0.1) is 0 Å². The quantitative estimate of drug-likeness (QED) is 0.503. The normalized spacial score (nSPS) is 16.2. The van der Waals surface area contributed by atoms with Gasteiger partial charge in [0.2, 0.25) is 0 Å². The third kappa shape index (κ3) is 4.28. The van der Waals surface area contributed by atoms with Crippen LogP contribution in [0.4, 0.5) is 11.5 Å². The molecule has 0 radical (unpaired) electrons. The van der Waals surface area contributed by atoms with Gasteiger partial charge in [-0.25, -0.2) is 9.97 Å². The van der Waals surface area contributed by atoms with E-state index in [9.17, 15) is 9.35 Å². The summed E-state index contributed by atoms with van der Waals surface area (Å²) in [5, 5.41) is 0. The molecule has 1 unspecified atom stereocenters. The lowest BCUT2D eigenvalue weighted by Gasteiger charge is -2.22. The Morgan fingerprint density at radius 3 is 2.62 bits per heavy atom. The van der Waals surface area contributed by atoms with E-state index in [1.165, 1.54) is 10.5 Å². The highest BCUT2D eigenvalue weighted by Crippen LogP contribution is 2.41. The van der Waals surface area contributed by atoms with Gasteiger partial charge in [0, 0.05) is 38.0 Å². The van der Waals surface area contributed by atoms with Crippen molar-refractivity contribution in [2.24, 2.45) is 0 Å². The van der Waals surface area contributed by atoms with E-state index in [1.54, 1.807) is 21.2 Å². The van der Waals surface area contributed by atoms with Crippen molar-refractivity contribution in [2.75, 3.05) is 39.3 Å². The van der Waals surface area contributed by atoms with E-state index in [0.717, 1.165) is 47.0 Å². The lowest BCUT2D eigenvalue weighted by Crippen LogP contribution is -2.27. The van der Waals surface area contributed by atoms with Gasteiger partial charge < -0.3 is 23.8 Å². The maximum Gasteiger partial charge on any atom is 0.259 e. The van der Waals surface area contributed by atoms with Crippen molar-refractivity contribution in [3.05, 3.63) is 59.3 Å². The predicted octanol–water partition coefficient (Wildman–Crippen LogP) is 3.08. The highest BCUT2D eigenvalue weighted by atomic mass is 32.2. The number of nitrogens with zero attached hydrogens (tertiary/aromatic N) is 4. The second kappa shape index (κ2) is 9.15. The summed E-state index contributed by atoms with van der Waals surface area (Å²) < 4.78 is 23.5. The smallest absolute Gasteiger partial charge is 0.259 e. The van der Waals surface area contributed by atoms with E-state index in [-0.39, 0.29) is 12.5 Å². The molecule has 0 saturated carbocycles. The first-order chi connectivity index (χ1) is 16.4. The Bertz CT molecular complexity index is 1230. The van der Waals surface area contributed by atoms with Crippen molar-refractivity contribution in [1.82, 2.24) is 14.9 Å². The van der Waals surface area contributed by atoms with Gasteiger partial charge in [0.15, 0.2) is 12.4 Å². The molecule has 1 amide bonds. The molecule has 8 nitrogen and oxygen atoms in total. The number of methoxy groups -OCH3 is 1. The van der Waals surface area contributed by atoms with E-state index >= 15 is 0 Å². The number of carbonyl (C=O) groups excluding carboxylic acids is 1. The van der Waals surface area contributed by atoms with E-state index in [1.807, 2.05) is 42.5 Å². The van der Waals surface area contributed by atoms with E-state index in [2.05, 4.69) is 4.90 Å². The summed E-state index contributed by atoms with van der Waals surface area (Å²) in [6, 6.07) is 13.5. The van der Waals surface area contributed by atoms with Crippen LogP contribution in [-0.2, 0) is 33.9 Å². The third-order valence-corrected chi connectivity index (χ3v) is 7.30. The predicted molar refractivity (Wildman–Crippen MR) is 131 cm³/mol. The number of anilines is 2. The molecule has 0 saturated heterocycles. The molecule has 34 heavy (non-hydrogen) atoms. The molecule has 176 valence electrons. The van der Waals surface area contributed by atoms with Crippen LogP contribution in [-0.4, -0.2) is 59.7 Å². The molecule has 0 spiro atoms. The minimum Gasteiger partial charge on any atom is -0.616 e. The number of rotatable bonds is 6. The fraction of sp³-hybridized carbons (Fsp3) is 0.320. The Morgan fingerprint density at radius 2 is 1.88 bits per heavy atom. The maximum absolute atomic E-state index is 12.5. The lowest BCUT2D eigenvalue weighted by atomic mass is 10.1. The molecule has 2 aromatic carbocycles. The zero-order chi connectivity index (χ0) is 23.8. The van der Waals surface area contributed by atoms with Gasteiger partial charge in [-0.2, -0.15) is 0 Å². The van der Waals surface area contributed by atoms with Gasteiger partial charge in [-0.05, 0) is 53.5 Å². The first kappa shape index (κ1) is 22.5. The topological polar surface area (TPSA) is 90.9 Å². The number of amides is 1. The minimum atomic E-state index is -0.991. The summed E-state index contributed by atoms with van der Waals surface area (Å²) in [6.45, 7) is 0.739. The maximum atomic E-state index is 12.5. The molecule has 1 aromatic heterocycles. The van der Waals surface area contributed by atoms with Gasteiger partial charge in [0.1, 0.15) is 34.5 Å². The number of ether oxygens (including phenoxy) is 2. The largest absolute Gasteiger partial charge is 0.616 e. The first-order valence-corrected chi connectivity index (χ1v) is 12.5. The zero-order valence-electron chi connectivity index (χ0n) is 19.4. The second-order valence-corrected chi connectivity index (χ2v) is 9.98. The Labute approximate surface area is 201 Å². The number of hydrogen-bond donors (Lipinski definition) is 0. The molecule has 9 heteroatoms. The van der Waals surface area contributed by atoms with Gasteiger partial charge in [0.05, 0.1) is 12.7 Å². The lowest BCUT2D eigenvalue weighted by molar-refractivity contribution is -0.130. The zero-order valence-corrected chi connectivity index (χ0v) is 20.2. The minimum absolute atomic E-state index is 0.0186. The van der Waals surface area contributed by atoms with Crippen LogP contribution in [0.3, 0.4) is 0 Å². The van der Waals surface area contributed by atoms with E-state index < -0.39 is 11.2 Å². The summed E-state index contributed by atoms with van der Waals surface area (Å²) in [6.07, 6.45) is 0.867. The van der Waals surface area contributed by atoms with Crippen LogP contribution in [0.25, 0.3) is 11.4 Å². The molecule has 0 aliphatic carbocycles. The summed E-state index contributed by atoms with van der Waals surface area (Å²) >= 11 is -0.991. The molecule has 5 rings (SSSR count). The number of aromatic nitrogens is 2. The average Bonchev–Trinajstić information content (AvgIpc) is 3.44. The average molecular weight is 479 g/mol. The van der Waals surface area contributed by atoms with Crippen molar-refractivity contribution in [3.63, 3.8) is 0 Å². The molecule has 0 fully saturated rings. The van der Waals surface area contributed by atoms with Crippen LogP contribution in [0.2, 0.25) is 0 Å². The summed E-state index contributed by atoms with van der Waals surface area (Å²) in [5.74, 6) is 3.58. The Balaban J connectivity index is 1.51. The Kier molecular flexibility index (Phi) is 6.05. The van der Waals surface area contributed by atoms with Crippen LogP contribution < -0.4 is 14.4 Å². The number of hydrogen-bond acceptors (Lipinski definition) is 7. The fourth-order valence-electron chi connectivity index (χ4n) is 4.18. The molecule has 2 aliphatic heterocycles. The van der Waals surface area contributed by atoms with E-state index in [4.69, 9.17) is 19.4 Å². The second-order valence-electron chi connectivity index (χ2n) is 8.52. The van der Waals surface area contributed by atoms with Gasteiger partial charge in [-0.15, -0.1) is 0 Å². The van der Waals surface area contributed by atoms with Crippen molar-refractivity contribution in [3.8, 4) is 22.9 Å². The summed E-state index contributed by atoms with van der Waals surface area (Å²) in [7, 11) is 5.04. The molecule has 2 aliphatic rings. The number of carbonyl (C=O) groups is 1. The van der Waals surface area contributed by atoms with Crippen LogP contribution in [0.5, 0.6) is 11.5 Å². The van der Waals surface area contributed by atoms with Crippen molar-refractivity contribution < 1.29 is 18.8 Å². The standard InChI is InChI=1S/C25H26N4O4S/c1-28(2)23(30)13-33-19-9-4-16-10-11-29(22(16)12-19)25-20-14-34(31)15-21(20)26-24(27-25)17-5-7-18(32-3)8-6-17/h4-9,12H,10-11,13-15H2,1-3H3. The molecular weight excluding hydrogens is 452 g/mol. The van der Waals surface area contributed by atoms with Gasteiger partial charge in [0.25, 0.3) is 5.91 Å². The van der Waals surface area contributed by atoms with Crippen molar-refractivity contribution in [2.45, 2.75) is 17.9 Å². The van der Waals surface area contributed by atoms with Crippen LogP contribution >= 0.6 is 0 Å². The molecule has 0 N–H and O–H groups in total. The molecule has 0 bridgehead atoms. The monoisotopic (exact) mass is 478 g/mol. The van der Waals surface area contributed by atoms with Gasteiger partial charge >= 0.3 is 0 Å². The van der Waals surface area contributed by atoms with E-state index in [0.29, 0.717) is 23.1 Å². The molecular formula is C25H26N4O4S. The highest BCUT2D eigenvalue weighted by molar-refractivity contribution is 7.90. The molecule has 3 heterocycles. The van der Waals surface area contributed by atoms with Crippen LogP contribution in [0.15, 0.2) is 42.5 Å². The van der Waals surface area contributed by atoms with Crippen LogP contribution in [0.1, 0.15) is 16.8 Å². The first-order valence-electron chi connectivity index (χ1n) is 11.1. The number of fused-ring (bicyclic) bond motifs is 2. The summed E-state index contributed by atoms with van der Waals surface area (Å²) in [4.78, 5) is 25.3. The summed E-state index contributed by atoms with van der Waals surface area (Å²) in [5.41, 5.74) is 4.84. The molecule has 1 atom stereocenters.